The summed E-state index contributed by atoms with van der Waals surface area (Å²) in [6.07, 6.45) is 1.44. The average Bonchev–Trinajstić information content (AvgIpc) is 2.46. The molecule has 0 spiro atoms. The second-order valence-corrected chi connectivity index (χ2v) is 6.07. The van der Waals surface area contributed by atoms with Crippen LogP contribution in [0.3, 0.4) is 0 Å². The van der Waals surface area contributed by atoms with Crippen molar-refractivity contribution in [3.63, 3.8) is 0 Å². The van der Waals surface area contributed by atoms with Crippen LogP contribution in [0.1, 0.15) is 33.6 Å². The van der Waals surface area contributed by atoms with Gasteiger partial charge in [-0.2, -0.15) is 21.0 Å². The summed E-state index contributed by atoms with van der Waals surface area (Å²) in [5.74, 6) is -2.73. The van der Waals surface area contributed by atoms with Gasteiger partial charge < -0.3 is 0 Å². The lowest BCUT2D eigenvalue weighted by atomic mass is 9.57. The third-order valence-electron chi connectivity index (χ3n) is 4.55. The molecular formula is C16H18N4O. The van der Waals surface area contributed by atoms with E-state index in [9.17, 15) is 15.3 Å². The summed E-state index contributed by atoms with van der Waals surface area (Å²) in [5.41, 5.74) is -1.88. The van der Waals surface area contributed by atoms with E-state index in [0.717, 1.165) is 6.42 Å². The highest BCUT2D eigenvalue weighted by molar-refractivity contribution is 5.86. The molecule has 108 valence electrons. The predicted molar refractivity (Wildman–Crippen MR) is 73.6 cm³/mol. The standard InChI is InChI=1S/C16H18N4O/c1-10(2)13-5-4-11(3)14(15(13)21)16(8-19,9-20)12(6-17)7-18/h10-14H,4-5H2,1-3H3/t11-,13-,14+/m1/s1. The summed E-state index contributed by atoms with van der Waals surface area (Å²) in [4.78, 5) is 12.8. The van der Waals surface area contributed by atoms with Crippen LogP contribution in [0.25, 0.3) is 0 Å². The number of nitrogens with zero attached hydrogens (tertiary/aromatic N) is 4. The van der Waals surface area contributed by atoms with Crippen molar-refractivity contribution in [1.29, 1.82) is 21.0 Å². The Morgan fingerprint density at radius 3 is 2.00 bits per heavy atom. The van der Waals surface area contributed by atoms with Crippen molar-refractivity contribution in [2.45, 2.75) is 33.6 Å². The van der Waals surface area contributed by atoms with E-state index in [-0.39, 0.29) is 23.5 Å². The molecule has 0 amide bonds. The van der Waals surface area contributed by atoms with E-state index in [0.29, 0.717) is 6.42 Å². The molecule has 0 aromatic rings. The second-order valence-electron chi connectivity index (χ2n) is 6.07. The normalized spacial score (nSPS) is 25.8. The Kier molecular flexibility index (Phi) is 5.07. The minimum Gasteiger partial charge on any atom is -0.299 e. The van der Waals surface area contributed by atoms with Crippen molar-refractivity contribution in [1.82, 2.24) is 0 Å². The lowest BCUT2D eigenvalue weighted by Gasteiger charge is -2.40. The van der Waals surface area contributed by atoms with Gasteiger partial charge in [-0.05, 0) is 24.7 Å². The van der Waals surface area contributed by atoms with Crippen molar-refractivity contribution in [3.05, 3.63) is 0 Å². The van der Waals surface area contributed by atoms with Gasteiger partial charge in [0.1, 0.15) is 5.78 Å². The average molecular weight is 282 g/mol. The summed E-state index contributed by atoms with van der Waals surface area (Å²) in [6, 6.07) is 7.10. The summed E-state index contributed by atoms with van der Waals surface area (Å²) >= 11 is 0. The van der Waals surface area contributed by atoms with Gasteiger partial charge in [0, 0.05) is 5.92 Å². The molecule has 1 fully saturated rings. The van der Waals surface area contributed by atoms with E-state index in [2.05, 4.69) is 0 Å². The fraction of sp³-hybridized carbons (Fsp3) is 0.688. The first-order chi connectivity index (χ1) is 9.89. The zero-order valence-electron chi connectivity index (χ0n) is 12.5. The third-order valence-corrected chi connectivity index (χ3v) is 4.55. The Hall–Kier alpha value is -2.37. The smallest absolute Gasteiger partial charge is 0.182 e. The molecule has 0 saturated heterocycles. The van der Waals surface area contributed by atoms with Crippen LogP contribution in [0.2, 0.25) is 0 Å². The lowest BCUT2D eigenvalue weighted by molar-refractivity contribution is -0.136. The van der Waals surface area contributed by atoms with Crippen LogP contribution in [0.15, 0.2) is 0 Å². The molecule has 0 heterocycles. The molecule has 21 heavy (non-hydrogen) atoms. The predicted octanol–water partition coefficient (Wildman–Crippen LogP) is 2.57. The number of ketones is 1. The SMILES string of the molecule is CC(C)[C@H]1CC[C@@H](C)[C@H](C(C#N)(C#N)C(C#N)C#N)C1=O. The quantitative estimate of drug-likeness (QED) is 0.789. The van der Waals surface area contributed by atoms with Crippen molar-refractivity contribution >= 4 is 5.78 Å². The molecular weight excluding hydrogens is 264 g/mol. The van der Waals surface area contributed by atoms with Crippen LogP contribution in [0.5, 0.6) is 0 Å². The first kappa shape index (κ1) is 16.7. The van der Waals surface area contributed by atoms with Gasteiger partial charge in [0.15, 0.2) is 11.3 Å². The first-order valence-electron chi connectivity index (χ1n) is 7.05. The topological polar surface area (TPSA) is 112 Å². The number of carbonyl (C=O) groups is 1. The number of nitriles is 4. The van der Waals surface area contributed by atoms with E-state index < -0.39 is 17.3 Å². The van der Waals surface area contributed by atoms with Crippen LogP contribution in [0, 0.1) is 80.3 Å². The molecule has 0 radical (unpaired) electrons. The number of carbonyl (C=O) groups excluding carboxylic acids is 1. The molecule has 3 atom stereocenters. The highest BCUT2D eigenvalue weighted by Crippen LogP contribution is 2.47. The molecule has 0 aliphatic heterocycles. The zero-order valence-corrected chi connectivity index (χ0v) is 12.5. The van der Waals surface area contributed by atoms with Gasteiger partial charge in [0.05, 0.1) is 30.2 Å². The molecule has 1 aliphatic carbocycles. The Morgan fingerprint density at radius 1 is 1.10 bits per heavy atom. The lowest BCUT2D eigenvalue weighted by Crippen LogP contribution is -2.48. The van der Waals surface area contributed by atoms with Gasteiger partial charge >= 0.3 is 0 Å². The summed E-state index contributed by atoms with van der Waals surface area (Å²) in [5, 5.41) is 37.2. The van der Waals surface area contributed by atoms with Crippen molar-refractivity contribution < 1.29 is 4.79 Å². The number of rotatable bonds is 3. The van der Waals surface area contributed by atoms with E-state index in [4.69, 9.17) is 10.5 Å². The largest absolute Gasteiger partial charge is 0.299 e. The molecule has 1 rings (SSSR count). The summed E-state index contributed by atoms with van der Waals surface area (Å²) in [7, 11) is 0. The van der Waals surface area contributed by atoms with Crippen LogP contribution in [-0.2, 0) is 4.79 Å². The number of Topliss-reactive ketones (excluding diaryl/α,β-unsaturated/α-hetero) is 1. The van der Waals surface area contributed by atoms with Crippen LogP contribution < -0.4 is 0 Å². The molecule has 1 aliphatic rings. The Morgan fingerprint density at radius 2 is 1.62 bits per heavy atom. The van der Waals surface area contributed by atoms with E-state index in [1.54, 1.807) is 12.1 Å². The Balaban J connectivity index is 3.41. The van der Waals surface area contributed by atoms with Gasteiger partial charge in [-0.1, -0.05) is 20.8 Å². The summed E-state index contributed by atoms with van der Waals surface area (Å²) in [6.45, 7) is 5.68. The zero-order chi connectivity index (χ0) is 16.2. The third kappa shape index (κ3) is 2.61. The minimum absolute atomic E-state index is 0.116. The fourth-order valence-electron chi connectivity index (χ4n) is 3.30. The second kappa shape index (κ2) is 6.39. The fourth-order valence-corrected chi connectivity index (χ4v) is 3.30. The van der Waals surface area contributed by atoms with Gasteiger partial charge in [0.25, 0.3) is 0 Å². The van der Waals surface area contributed by atoms with Crippen molar-refractivity contribution in [2.24, 2.45) is 35.0 Å². The van der Waals surface area contributed by atoms with Crippen LogP contribution in [-0.4, -0.2) is 5.78 Å². The molecule has 0 aromatic carbocycles. The Labute approximate surface area is 125 Å². The van der Waals surface area contributed by atoms with Crippen LogP contribution in [0.4, 0.5) is 0 Å². The maximum absolute atomic E-state index is 12.8. The molecule has 0 N–H and O–H groups in total. The highest BCUT2D eigenvalue weighted by Gasteiger charge is 2.55. The number of hydrogen-bond donors (Lipinski definition) is 0. The van der Waals surface area contributed by atoms with Crippen molar-refractivity contribution in [2.75, 3.05) is 0 Å². The van der Waals surface area contributed by atoms with Gasteiger partial charge in [-0.15, -0.1) is 0 Å². The Bertz CT molecular complexity index is 553. The van der Waals surface area contributed by atoms with E-state index in [1.807, 2.05) is 32.9 Å². The van der Waals surface area contributed by atoms with Gasteiger partial charge in [0.2, 0.25) is 0 Å². The first-order valence-corrected chi connectivity index (χ1v) is 7.05. The van der Waals surface area contributed by atoms with Gasteiger partial charge in [-0.25, -0.2) is 0 Å². The molecule has 1 saturated carbocycles. The minimum atomic E-state index is -1.88. The molecule has 0 aromatic heterocycles. The molecule has 0 unspecified atom stereocenters. The summed E-state index contributed by atoms with van der Waals surface area (Å²) < 4.78 is 0. The maximum Gasteiger partial charge on any atom is 0.182 e. The molecule has 5 heteroatoms. The van der Waals surface area contributed by atoms with Crippen LogP contribution >= 0.6 is 0 Å². The number of hydrogen-bond acceptors (Lipinski definition) is 5. The van der Waals surface area contributed by atoms with Crippen molar-refractivity contribution in [3.8, 4) is 24.3 Å². The maximum atomic E-state index is 12.8. The van der Waals surface area contributed by atoms with E-state index >= 15 is 0 Å². The highest BCUT2D eigenvalue weighted by atomic mass is 16.1. The molecule has 0 bridgehead atoms. The monoisotopic (exact) mass is 282 g/mol. The van der Waals surface area contributed by atoms with Gasteiger partial charge in [-0.3, -0.25) is 4.79 Å². The molecule has 5 nitrogen and oxygen atoms in total. The van der Waals surface area contributed by atoms with E-state index in [1.165, 1.54) is 0 Å².